The molecule has 3 rings (SSSR count). The third-order valence-corrected chi connectivity index (χ3v) is 3.77. The number of benzene rings is 1. The van der Waals surface area contributed by atoms with Crippen molar-refractivity contribution in [3.05, 3.63) is 35.4 Å². The zero-order chi connectivity index (χ0) is 12.7. The Morgan fingerprint density at radius 3 is 2.22 bits per heavy atom. The zero-order valence-electron chi connectivity index (χ0n) is 9.93. The standard InChI is InChI=1S/C14H14FNO2/c15-9-4-3-5-10(8-9)16-13(17)11-6-1-2-7-12(11)14(16)18/h1-2,6-7,9-10H,3-5,8H2/t9-,10-/m0/s1. The molecule has 1 saturated carbocycles. The molecule has 0 unspecified atom stereocenters. The van der Waals surface area contributed by atoms with Crippen LogP contribution in [0.25, 0.3) is 0 Å². The van der Waals surface area contributed by atoms with Crippen molar-refractivity contribution in [1.82, 2.24) is 4.90 Å². The molecule has 0 N–H and O–H groups in total. The maximum atomic E-state index is 13.4. The van der Waals surface area contributed by atoms with Crippen LogP contribution in [0.1, 0.15) is 46.4 Å². The number of imide groups is 1. The number of amides is 2. The van der Waals surface area contributed by atoms with Gasteiger partial charge in [-0.25, -0.2) is 4.39 Å². The number of rotatable bonds is 1. The molecule has 0 saturated heterocycles. The fraction of sp³-hybridized carbons (Fsp3) is 0.429. The number of nitrogens with zero attached hydrogens (tertiary/aromatic N) is 1. The van der Waals surface area contributed by atoms with Gasteiger partial charge in [0, 0.05) is 6.04 Å². The summed E-state index contributed by atoms with van der Waals surface area (Å²) in [5.74, 6) is -0.538. The molecule has 4 heteroatoms. The molecular formula is C14H14FNO2. The Balaban J connectivity index is 1.92. The van der Waals surface area contributed by atoms with Crippen molar-refractivity contribution in [2.45, 2.75) is 37.9 Å². The summed E-state index contributed by atoms with van der Waals surface area (Å²) in [5.41, 5.74) is 0.895. The van der Waals surface area contributed by atoms with Gasteiger partial charge in [-0.05, 0) is 37.8 Å². The SMILES string of the molecule is O=C1c2ccccc2C(=O)N1[C@H]1CCC[C@H](F)C1. The van der Waals surface area contributed by atoms with Gasteiger partial charge in [-0.2, -0.15) is 0 Å². The molecule has 0 spiro atoms. The molecule has 3 nitrogen and oxygen atoms in total. The Morgan fingerprint density at radius 2 is 1.67 bits per heavy atom. The van der Waals surface area contributed by atoms with Crippen LogP contribution < -0.4 is 0 Å². The summed E-state index contributed by atoms with van der Waals surface area (Å²) in [4.78, 5) is 25.7. The van der Waals surface area contributed by atoms with E-state index in [1.165, 1.54) is 4.90 Å². The summed E-state index contributed by atoms with van der Waals surface area (Å²) in [7, 11) is 0. The second-order valence-corrected chi connectivity index (χ2v) is 4.94. The van der Waals surface area contributed by atoms with Gasteiger partial charge in [0.15, 0.2) is 0 Å². The molecule has 94 valence electrons. The molecule has 1 fully saturated rings. The molecule has 2 atom stereocenters. The highest BCUT2D eigenvalue weighted by Gasteiger charge is 2.41. The van der Waals surface area contributed by atoms with E-state index in [-0.39, 0.29) is 24.3 Å². The van der Waals surface area contributed by atoms with Crippen LogP contribution in [-0.2, 0) is 0 Å². The summed E-state index contributed by atoms with van der Waals surface area (Å²) < 4.78 is 13.4. The highest BCUT2D eigenvalue weighted by atomic mass is 19.1. The van der Waals surface area contributed by atoms with Crippen LogP contribution in [0.2, 0.25) is 0 Å². The summed E-state index contributed by atoms with van der Waals surface area (Å²) in [6.07, 6.45) is 1.38. The van der Waals surface area contributed by atoms with Crippen LogP contribution >= 0.6 is 0 Å². The minimum Gasteiger partial charge on any atom is -0.271 e. The number of hydrogen-bond acceptors (Lipinski definition) is 2. The average molecular weight is 247 g/mol. The second-order valence-electron chi connectivity index (χ2n) is 4.94. The van der Waals surface area contributed by atoms with Crippen molar-refractivity contribution in [1.29, 1.82) is 0 Å². The summed E-state index contributed by atoms with van der Waals surface area (Å²) >= 11 is 0. The zero-order valence-corrected chi connectivity index (χ0v) is 9.93. The van der Waals surface area contributed by atoms with Gasteiger partial charge in [-0.1, -0.05) is 12.1 Å². The Morgan fingerprint density at radius 1 is 1.06 bits per heavy atom. The van der Waals surface area contributed by atoms with E-state index in [4.69, 9.17) is 0 Å². The van der Waals surface area contributed by atoms with E-state index in [9.17, 15) is 14.0 Å². The molecule has 1 aromatic rings. The first-order valence-corrected chi connectivity index (χ1v) is 6.29. The van der Waals surface area contributed by atoms with Crippen molar-refractivity contribution in [3.63, 3.8) is 0 Å². The van der Waals surface area contributed by atoms with E-state index in [1.54, 1.807) is 24.3 Å². The monoisotopic (exact) mass is 247 g/mol. The van der Waals surface area contributed by atoms with Crippen LogP contribution in [0.15, 0.2) is 24.3 Å². The smallest absolute Gasteiger partial charge is 0.261 e. The lowest BCUT2D eigenvalue weighted by Crippen LogP contribution is -2.43. The van der Waals surface area contributed by atoms with Crippen LogP contribution in [0.4, 0.5) is 4.39 Å². The number of halogens is 1. The van der Waals surface area contributed by atoms with E-state index in [0.29, 0.717) is 24.0 Å². The van der Waals surface area contributed by atoms with Crippen LogP contribution in [-0.4, -0.2) is 28.9 Å². The molecule has 0 radical (unpaired) electrons. The van der Waals surface area contributed by atoms with Gasteiger partial charge in [-0.3, -0.25) is 14.5 Å². The predicted molar refractivity (Wildman–Crippen MR) is 64.1 cm³/mol. The van der Waals surface area contributed by atoms with E-state index in [2.05, 4.69) is 0 Å². The largest absolute Gasteiger partial charge is 0.271 e. The predicted octanol–water partition coefficient (Wildman–Crippen LogP) is 2.56. The van der Waals surface area contributed by atoms with E-state index >= 15 is 0 Å². The maximum absolute atomic E-state index is 13.4. The first kappa shape index (κ1) is 11.4. The highest BCUT2D eigenvalue weighted by Crippen LogP contribution is 2.31. The van der Waals surface area contributed by atoms with Gasteiger partial charge in [0.25, 0.3) is 11.8 Å². The number of carbonyl (C=O) groups excluding carboxylic acids is 2. The van der Waals surface area contributed by atoms with Crippen molar-refractivity contribution in [2.75, 3.05) is 0 Å². The lowest BCUT2D eigenvalue weighted by atomic mass is 9.93. The van der Waals surface area contributed by atoms with Crippen LogP contribution in [0.5, 0.6) is 0 Å². The lowest BCUT2D eigenvalue weighted by Gasteiger charge is -2.31. The molecule has 1 aliphatic carbocycles. The van der Waals surface area contributed by atoms with Gasteiger partial charge < -0.3 is 0 Å². The van der Waals surface area contributed by atoms with Gasteiger partial charge in [-0.15, -0.1) is 0 Å². The number of hydrogen-bond donors (Lipinski definition) is 0. The normalized spacial score (nSPS) is 27.5. The van der Waals surface area contributed by atoms with Crippen LogP contribution in [0, 0.1) is 0 Å². The van der Waals surface area contributed by atoms with E-state index < -0.39 is 6.17 Å². The van der Waals surface area contributed by atoms with Crippen molar-refractivity contribution in [3.8, 4) is 0 Å². The van der Waals surface area contributed by atoms with Crippen molar-refractivity contribution < 1.29 is 14.0 Å². The summed E-state index contributed by atoms with van der Waals surface area (Å²) in [6, 6.07) is 6.52. The molecule has 1 aliphatic heterocycles. The Bertz CT molecular complexity index is 479. The highest BCUT2D eigenvalue weighted by molar-refractivity contribution is 6.21. The third-order valence-electron chi connectivity index (χ3n) is 3.77. The van der Waals surface area contributed by atoms with Crippen molar-refractivity contribution >= 4 is 11.8 Å². The minimum absolute atomic E-state index is 0.269. The van der Waals surface area contributed by atoms with E-state index in [0.717, 1.165) is 6.42 Å². The number of carbonyl (C=O) groups is 2. The third kappa shape index (κ3) is 1.64. The Labute approximate surface area is 105 Å². The molecular weight excluding hydrogens is 233 g/mol. The summed E-state index contributed by atoms with van der Waals surface area (Å²) in [6.45, 7) is 0. The molecule has 1 aromatic carbocycles. The average Bonchev–Trinajstić information content (AvgIpc) is 2.63. The van der Waals surface area contributed by atoms with Gasteiger partial charge >= 0.3 is 0 Å². The Kier molecular flexibility index (Phi) is 2.65. The fourth-order valence-corrected chi connectivity index (χ4v) is 2.88. The van der Waals surface area contributed by atoms with Crippen molar-refractivity contribution in [2.24, 2.45) is 0 Å². The van der Waals surface area contributed by atoms with E-state index in [1.807, 2.05) is 0 Å². The molecule has 2 amide bonds. The van der Waals surface area contributed by atoms with Gasteiger partial charge in [0.1, 0.15) is 6.17 Å². The molecule has 18 heavy (non-hydrogen) atoms. The molecule has 2 aliphatic rings. The quantitative estimate of drug-likeness (QED) is 0.715. The second kappa shape index (κ2) is 4.19. The van der Waals surface area contributed by atoms with Gasteiger partial charge in [0.05, 0.1) is 11.1 Å². The van der Waals surface area contributed by atoms with Crippen LogP contribution in [0.3, 0.4) is 0 Å². The first-order chi connectivity index (χ1) is 8.68. The molecule has 0 aromatic heterocycles. The fourth-order valence-electron chi connectivity index (χ4n) is 2.88. The lowest BCUT2D eigenvalue weighted by molar-refractivity contribution is 0.0504. The number of alkyl halides is 1. The first-order valence-electron chi connectivity index (χ1n) is 6.29. The minimum atomic E-state index is -0.895. The Hall–Kier alpha value is -1.71. The van der Waals surface area contributed by atoms with Gasteiger partial charge in [0.2, 0.25) is 0 Å². The molecule has 1 heterocycles. The maximum Gasteiger partial charge on any atom is 0.261 e. The topological polar surface area (TPSA) is 37.4 Å². The summed E-state index contributed by atoms with van der Waals surface area (Å²) in [5, 5.41) is 0. The molecule has 0 bridgehead atoms. The number of fused-ring (bicyclic) bond motifs is 1.